The van der Waals surface area contributed by atoms with Gasteiger partial charge in [-0.25, -0.2) is 0 Å². The lowest BCUT2D eigenvalue weighted by Crippen LogP contribution is -2.52. The average molecular weight is 503 g/mol. The zero-order valence-electron chi connectivity index (χ0n) is 22.5. The number of hydrogen-bond donors (Lipinski definition) is 1. The lowest BCUT2D eigenvalue weighted by molar-refractivity contribution is -0.142. The van der Waals surface area contributed by atoms with Crippen molar-refractivity contribution in [3.8, 4) is 11.5 Å². The minimum Gasteiger partial charge on any atom is -0.497 e. The number of amides is 2. The van der Waals surface area contributed by atoms with E-state index < -0.39 is 6.04 Å². The van der Waals surface area contributed by atoms with Crippen molar-refractivity contribution in [3.63, 3.8) is 0 Å². The van der Waals surface area contributed by atoms with Crippen molar-refractivity contribution in [2.45, 2.75) is 46.7 Å². The third-order valence-corrected chi connectivity index (χ3v) is 6.00. The fraction of sp³-hybridized carbons (Fsp3) is 0.355. The first-order chi connectivity index (χ1) is 17.7. The Kier molecular flexibility index (Phi) is 10.1. The van der Waals surface area contributed by atoms with Crippen LogP contribution in [-0.4, -0.2) is 43.0 Å². The molecule has 6 nitrogen and oxygen atoms in total. The lowest BCUT2D eigenvalue weighted by Gasteiger charge is -2.32. The molecule has 0 aliphatic heterocycles. The first kappa shape index (κ1) is 27.8. The van der Waals surface area contributed by atoms with Crippen LogP contribution in [0.4, 0.5) is 0 Å². The van der Waals surface area contributed by atoms with Gasteiger partial charge in [0.1, 0.15) is 17.5 Å². The van der Waals surface area contributed by atoms with E-state index in [4.69, 9.17) is 9.47 Å². The topological polar surface area (TPSA) is 67.9 Å². The summed E-state index contributed by atoms with van der Waals surface area (Å²) < 4.78 is 11.3. The van der Waals surface area contributed by atoms with Gasteiger partial charge in [0.15, 0.2) is 6.61 Å². The van der Waals surface area contributed by atoms with Gasteiger partial charge in [-0.15, -0.1) is 0 Å². The number of nitrogens with zero attached hydrogens (tertiary/aromatic N) is 1. The number of rotatable bonds is 12. The van der Waals surface area contributed by atoms with E-state index in [1.54, 1.807) is 12.0 Å². The van der Waals surface area contributed by atoms with E-state index in [1.807, 2.05) is 94.4 Å². The molecule has 1 atom stereocenters. The maximum absolute atomic E-state index is 13.7. The minimum atomic E-state index is -0.706. The molecular formula is C31H38N2O4. The number of carbonyl (C=O) groups excluding carboxylic acids is 2. The fourth-order valence-corrected chi connectivity index (χ4v) is 4.19. The highest BCUT2D eigenvalue weighted by Gasteiger charge is 2.31. The van der Waals surface area contributed by atoms with Crippen molar-refractivity contribution in [2.75, 3.05) is 20.3 Å². The Hall–Kier alpha value is -3.80. The van der Waals surface area contributed by atoms with Gasteiger partial charge in [-0.1, -0.05) is 62.4 Å². The standard InChI is InChI=1S/C31H38N2O4/c1-22(2)19-32-31(35)29(18-25-10-7-6-8-11-25)33(20-26-12-9-13-27(17-26)36-5)30(34)21-37-28-15-23(3)14-24(4)16-28/h6-17,22,29H,18-21H2,1-5H3,(H,32,35)/t29-/m0/s1. The molecule has 6 heteroatoms. The molecule has 3 rings (SSSR count). The zero-order chi connectivity index (χ0) is 26.8. The predicted octanol–water partition coefficient (Wildman–Crippen LogP) is 5.10. The Morgan fingerprint density at radius 3 is 2.19 bits per heavy atom. The molecule has 1 N–H and O–H groups in total. The summed E-state index contributed by atoms with van der Waals surface area (Å²) in [5.74, 6) is 1.18. The van der Waals surface area contributed by atoms with Crippen molar-refractivity contribution in [1.29, 1.82) is 0 Å². The number of aryl methyl sites for hydroxylation is 2. The Labute approximate surface area is 220 Å². The molecule has 0 fully saturated rings. The normalized spacial score (nSPS) is 11.6. The number of hydrogen-bond acceptors (Lipinski definition) is 4. The summed E-state index contributed by atoms with van der Waals surface area (Å²) in [6.07, 6.45) is 0.393. The number of ether oxygens (including phenoxy) is 2. The second-order valence-corrected chi connectivity index (χ2v) is 9.83. The van der Waals surface area contributed by atoms with Crippen LogP contribution >= 0.6 is 0 Å². The van der Waals surface area contributed by atoms with Gasteiger partial charge in [0, 0.05) is 19.5 Å². The number of nitrogens with one attached hydrogen (secondary N) is 1. The van der Waals surface area contributed by atoms with E-state index >= 15 is 0 Å². The lowest BCUT2D eigenvalue weighted by atomic mass is 10.0. The number of benzene rings is 3. The summed E-state index contributed by atoms with van der Waals surface area (Å²) in [7, 11) is 1.61. The van der Waals surface area contributed by atoms with Crippen LogP contribution in [0.3, 0.4) is 0 Å². The van der Waals surface area contributed by atoms with Crippen molar-refractivity contribution < 1.29 is 19.1 Å². The van der Waals surface area contributed by atoms with Crippen LogP contribution < -0.4 is 14.8 Å². The molecule has 37 heavy (non-hydrogen) atoms. The van der Waals surface area contributed by atoms with Gasteiger partial charge in [-0.05, 0) is 66.3 Å². The first-order valence-electron chi connectivity index (χ1n) is 12.7. The highest BCUT2D eigenvalue weighted by atomic mass is 16.5. The minimum absolute atomic E-state index is 0.171. The van der Waals surface area contributed by atoms with Gasteiger partial charge in [-0.3, -0.25) is 9.59 Å². The Balaban J connectivity index is 1.92. The molecule has 0 spiro atoms. The van der Waals surface area contributed by atoms with Gasteiger partial charge in [0.2, 0.25) is 5.91 Å². The summed E-state index contributed by atoms with van der Waals surface area (Å²) >= 11 is 0. The SMILES string of the molecule is COc1cccc(CN(C(=O)COc2cc(C)cc(C)c2)[C@@H](Cc2ccccc2)C(=O)NCC(C)C)c1. The predicted molar refractivity (Wildman–Crippen MR) is 147 cm³/mol. The molecule has 3 aromatic carbocycles. The van der Waals surface area contributed by atoms with E-state index in [1.165, 1.54) is 0 Å². The molecule has 0 saturated carbocycles. The van der Waals surface area contributed by atoms with E-state index in [0.717, 1.165) is 22.3 Å². The van der Waals surface area contributed by atoms with E-state index in [2.05, 4.69) is 11.4 Å². The van der Waals surface area contributed by atoms with Gasteiger partial charge >= 0.3 is 0 Å². The van der Waals surface area contributed by atoms with Gasteiger partial charge in [0.25, 0.3) is 5.91 Å². The second-order valence-electron chi connectivity index (χ2n) is 9.83. The largest absolute Gasteiger partial charge is 0.497 e. The molecule has 0 aliphatic rings. The summed E-state index contributed by atoms with van der Waals surface area (Å²) in [5, 5.41) is 3.04. The summed E-state index contributed by atoms with van der Waals surface area (Å²) in [6.45, 7) is 8.68. The molecule has 196 valence electrons. The molecular weight excluding hydrogens is 464 g/mol. The summed E-state index contributed by atoms with van der Waals surface area (Å²) in [6, 6.07) is 22.5. The van der Waals surface area contributed by atoms with Crippen LogP contribution in [0.5, 0.6) is 11.5 Å². The van der Waals surface area contributed by atoms with E-state index in [9.17, 15) is 9.59 Å². The third kappa shape index (κ3) is 8.67. The maximum Gasteiger partial charge on any atom is 0.261 e. The van der Waals surface area contributed by atoms with Crippen molar-refractivity contribution in [2.24, 2.45) is 5.92 Å². The molecule has 0 aromatic heterocycles. The van der Waals surface area contributed by atoms with Crippen molar-refractivity contribution in [1.82, 2.24) is 10.2 Å². The molecule has 3 aromatic rings. The molecule has 2 amide bonds. The molecule has 0 saturated heterocycles. The van der Waals surface area contributed by atoms with E-state index in [0.29, 0.717) is 24.5 Å². The van der Waals surface area contributed by atoms with Crippen molar-refractivity contribution >= 4 is 11.8 Å². The molecule has 0 heterocycles. The fourth-order valence-electron chi connectivity index (χ4n) is 4.19. The number of methoxy groups -OCH3 is 1. The Morgan fingerprint density at radius 1 is 0.865 bits per heavy atom. The molecule has 0 radical (unpaired) electrons. The van der Waals surface area contributed by atoms with Gasteiger partial charge < -0.3 is 19.7 Å². The molecule has 0 bridgehead atoms. The van der Waals surface area contributed by atoms with E-state index in [-0.39, 0.29) is 30.9 Å². The highest BCUT2D eigenvalue weighted by molar-refractivity contribution is 5.88. The monoisotopic (exact) mass is 502 g/mol. The second kappa shape index (κ2) is 13.5. The quantitative estimate of drug-likeness (QED) is 0.374. The van der Waals surface area contributed by atoms with Crippen LogP contribution in [0.25, 0.3) is 0 Å². The molecule has 0 aliphatic carbocycles. The van der Waals surface area contributed by atoms with Gasteiger partial charge in [-0.2, -0.15) is 0 Å². The zero-order valence-corrected chi connectivity index (χ0v) is 22.5. The number of carbonyl (C=O) groups is 2. The van der Waals surface area contributed by atoms with Crippen LogP contribution in [-0.2, 0) is 22.6 Å². The van der Waals surface area contributed by atoms with Gasteiger partial charge in [0.05, 0.1) is 7.11 Å². The third-order valence-electron chi connectivity index (χ3n) is 6.00. The molecule has 0 unspecified atom stereocenters. The van der Waals surface area contributed by atoms with Crippen LogP contribution in [0, 0.1) is 19.8 Å². The van der Waals surface area contributed by atoms with Crippen LogP contribution in [0.2, 0.25) is 0 Å². The van der Waals surface area contributed by atoms with Crippen molar-refractivity contribution in [3.05, 3.63) is 95.1 Å². The summed E-state index contributed by atoms with van der Waals surface area (Å²) in [5.41, 5.74) is 3.97. The first-order valence-corrected chi connectivity index (χ1v) is 12.7. The van der Waals surface area contributed by atoms with Crippen LogP contribution in [0.15, 0.2) is 72.8 Å². The Bertz CT molecular complexity index is 1160. The van der Waals surface area contributed by atoms with Crippen LogP contribution in [0.1, 0.15) is 36.1 Å². The highest BCUT2D eigenvalue weighted by Crippen LogP contribution is 2.20. The average Bonchev–Trinajstić information content (AvgIpc) is 2.88. The maximum atomic E-state index is 13.7. The smallest absolute Gasteiger partial charge is 0.261 e. The summed E-state index contributed by atoms with van der Waals surface area (Å²) in [4.78, 5) is 28.8. The Morgan fingerprint density at radius 2 is 1.54 bits per heavy atom.